The number of amides is 1. The largest absolute Gasteiger partial charge is 0.370 e. The van der Waals surface area contributed by atoms with Crippen molar-refractivity contribution in [3.05, 3.63) is 12.7 Å². The second-order valence-corrected chi connectivity index (χ2v) is 1.24. The van der Waals surface area contributed by atoms with Gasteiger partial charge in [0.05, 0.1) is 0 Å². The second kappa shape index (κ2) is 3.40. The van der Waals surface area contributed by atoms with Crippen molar-refractivity contribution < 1.29 is 4.79 Å². The number of hydrogen-bond acceptors (Lipinski definition) is 1. The van der Waals surface area contributed by atoms with Gasteiger partial charge >= 0.3 is 0 Å². The quantitative estimate of drug-likeness (QED) is 0.540. The van der Waals surface area contributed by atoms with Crippen LogP contribution in [0.3, 0.4) is 0 Å². The first kappa shape index (κ1) is 6.21. The van der Waals surface area contributed by atoms with Gasteiger partial charge in [0.1, 0.15) is 0 Å². The Morgan fingerprint density at radius 2 is 2.43 bits per heavy atom. The van der Waals surface area contributed by atoms with Gasteiger partial charge in [0, 0.05) is 6.42 Å². The van der Waals surface area contributed by atoms with E-state index in [1.807, 2.05) is 0 Å². The van der Waals surface area contributed by atoms with Crippen LogP contribution in [0.1, 0.15) is 12.8 Å². The van der Waals surface area contributed by atoms with Crippen LogP contribution >= 0.6 is 0 Å². The molecule has 0 aliphatic carbocycles. The molecule has 0 saturated carbocycles. The Bertz CT molecular complexity index is 78.1. The van der Waals surface area contributed by atoms with E-state index in [4.69, 9.17) is 12.3 Å². The number of primary amides is 1. The lowest BCUT2D eigenvalue weighted by atomic mass is 10.3. The van der Waals surface area contributed by atoms with E-state index in [9.17, 15) is 4.79 Å². The molecule has 0 fully saturated rings. The predicted octanol–water partition coefficient (Wildman–Crippen LogP) is 0.241. The van der Waals surface area contributed by atoms with Crippen LogP contribution in [-0.4, -0.2) is 5.91 Å². The Kier molecular flexibility index (Phi) is 3.02. The third kappa shape index (κ3) is 5.21. The Morgan fingerprint density at radius 1 is 1.86 bits per heavy atom. The lowest BCUT2D eigenvalue weighted by Crippen LogP contribution is -2.08. The summed E-state index contributed by atoms with van der Waals surface area (Å²) in [7, 11) is 0. The predicted molar refractivity (Wildman–Crippen MR) is 27.3 cm³/mol. The molecule has 1 amide bonds. The molecule has 0 unspecified atom stereocenters. The zero-order valence-electron chi connectivity index (χ0n) is 4.05. The van der Waals surface area contributed by atoms with Crippen LogP contribution < -0.4 is 5.73 Å². The van der Waals surface area contributed by atoms with Crippen LogP contribution in [0.5, 0.6) is 0 Å². The SMILES string of the molecule is [CH]=CCCC(N)=O. The maximum absolute atomic E-state index is 9.90. The van der Waals surface area contributed by atoms with Gasteiger partial charge in [-0.05, 0) is 6.42 Å². The van der Waals surface area contributed by atoms with E-state index in [1.165, 1.54) is 6.08 Å². The van der Waals surface area contributed by atoms with Crippen LogP contribution in [0, 0.1) is 6.58 Å². The number of nitrogens with two attached hydrogens (primary N) is 1. The van der Waals surface area contributed by atoms with Crippen molar-refractivity contribution in [3.63, 3.8) is 0 Å². The molecule has 0 aromatic rings. The minimum absolute atomic E-state index is 0.304. The molecule has 0 bridgehead atoms. The topological polar surface area (TPSA) is 43.1 Å². The molecule has 1 radical (unpaired) electrons. The van der Waals surface area contributed by atoms with Crippen LogP contribution in [-0.2, 0) is 4.79 Å². The highest BCUT2D eigenvalue weighted by molar-refractivity contribution is 5.73. The highest BCUT2D eigenvalue weighted by Crippen LogP contribution is 1.84. The summed E-state index contributed by atoms with van der Waals surface area (Å²) in [5.74, 6) is -0.304. The van der Waals surface area contributed by atoms with Gasteiger partial charge in [0.15, 0.2) is 0 Å². The van der Waals surface area contributed by atoms with Crippen molar-refractivity contribution in [1.82, 2.24) is 0 Å². The maximum atomic E-state index is 9.90. The van der Waals surface area contributed by atoms with E-state index in [0.717, 1.165) is 0 Å². The van der Waals surface area contributed by atoms with Crippen LogP contribution in [0.25, 0.3) is 0 Å². The summed E-state index contributed by atoms with van der Waals surface area (Å²) in [4.78, 5) is 9.90. The smallest absolute Gasteiger partial charge is 0.217 e. The summed E-state index contributed by atoms with van der Waals surface area (Å²) >= 11 is 0. The summed E-state index contributed by atoms with van der Waals surface area (Å²) in [5.41, 5.74) is 4.76. The minimum atomic E-state index is -0.304. The van der Waals surface area contributed by atoms with E-state index < -0.39 is 0 Å². The Balaban J connectivity index is 2.97. The summed E-state index contributed by atoms with van der Waals surface area (Å²) in [6.07, 6.45) is 2.36. The zero-order chi connectivity index (χ0) is 5.70. The molecule has 39 valence electrons. The number of allylic oxidation sites excluding steroid dienone is 1. The van der Waals surface area contributed by atoms with Gasteiger partial charge in [-0.2, -0.15) is 0 Å². The van der Waals surface area contributed by atoms with Crippen LogP contribution in [0.2, 0.25) is 0 Å². The molecule has 2 heteroatoms. The molecule has 0 atom stereocenters. The third-order valence-corrected chi connectivity index (χ3v) is 0.557. The zero-order valence-corrected chi connectivity index (χ0v) is 4.05. The Morgan fingerprint density at radius 3 is 2.57 bits per heavy atom. The average molecular weight is 98.1 g/mol. The van der Waals surface area contributed by atoms with Gasteiger partial charge in [0.2, 0.25) is 5.91 Å². The van der Waals surface area contributed by atoms with Crippen molar-refractivity contribution in [1.29, 1.82) is 0 Å². The average Bonchev–Trinajstić information content (AvgIpc) is 1.61. The molecule has 0 heterocycles. The Hall–Kier alpha value is -0.790. The fraction of sp³-hybridized carbons (Fsp3) is 0.400. The lowest BCUT2D eigenvalue weighted by molar-refractivity contribution is -0.117. The minimum Gasteiger partial charge on any atom is -0.370 e. The van der Waals surface area contributed by atoms with Crippen molar-refractivity contribution in [2.24, 2.45) is 5.73 Å². The summed E-state index contributed by atoms with van der Waals surface area (Å²) < 4.78 is 0. The first-order valence-electron chi connectivity index (χ1n) is 2.09. The van der Waals surface area contributed by atoms with E-state index in [2.05, 4.69) is 0 Å². The van der Waals surface area contributed by atoms with Crippen LogP contribution in [0.4, 0.5) is 0 Å². The first-order chi connectivity index (χ1) is 3.27. The van der Waals surface area contributed by atoms with E-state index >= 15 is 0 Å². The molecule has 2 nitrogen and oxygen atoms in total. The standard InChI is InChI=1S/C5H8NO/c1-2-3-4-5(6)7/h1-2H,3-4H2,(H2,6,7). The van der Waals surface area contributed by atoms with Crippen LogP contribution in [0.15, 0.2) is 6.08 Å². The number of rotatable bonds is 3. The highest BCUT2D eigenvalue weighted by Gasteiger charge is 1.86. The van der Waals surface area contributed by atoms with Crippen molar-refractivity contribution in [2.75, 3.05) is 0 Å². The lowest BCUT2D eigenvalue weighted by Gasteiger charge is -1.83. The normalized spacial score (nSPS) is 8.00. The highest BCUT2D eigenvalue weighted by atomic mass is 16.1. The van der Waals surface area contributed by atoms with E-state index in [1.54, 1.807) is 0 Å². The van der Waals surface area contributed by atoms with Gasteiger partial charge < -0.3 is 5.73 Å². The molecule has 0 spiro atoms. The molecular formula is C5H8NO. The van der Waals surface area contributed by atoms with Crippen molar-refractivity contribution in [2.45, 2.75) is 12.8 Å². The molecule has 0 saturated heterocycles. The number of hydrogen-bond donors (Lipinski definition) is 1. The second-order valence-electron chi connectivity index (χ2n) is 1.24. The van der Waals surface area contributed by atoms with Gasteiger partial charge in [-0.25, -0.2) is 0 Å². The van der Waals surface area contributed by atoms with Gasteiger partial charge in [-0.3, -0.25) is 4.79 Å². The summed E-state index contributed by atoms with van der Waals surface area (Å²) in [6, 6.07) is 0. The van der Waals surface area contributed by atoms with Gasteiger partial charge in [-0.1, -0.05) is 12.7 Å². The molecule has 0 aliphatic heterocycles. The van der Waals surface area contributed by atoms with Crippen molar-refractivity contribution in [3.8, 4) is 0 Å². The molecule has 0 aliphatic rings. The van der Waals surface area contributed by atoms with E-state index in [0.29, 0.717) is 12.8 Å². The monoisotopic (exact) mass is 98.1 g/mol. The molecule has 7 heavy (non-hydrogen) atoms. The maximum Gasteiger partial charge on any atom is 0.217 e. The summed E-state index contributed by atoms with van der Waals surface area (Å²) in [5, 5.41) is 0. The Labute approximate surface area is 43.0 Å². The molecule has 0 aromatic heterocycles. The third-order valence-electron chi connectivity index (χ3n) is 0.557. The first-order valence-corrected chi connectivity index (χ1v) is 2.09. The van der Waals surface area contributed by atoms with Crippen molar-refractivity contribution >= 4 is 5.91 Å². The molecule has 0 aromatic carbocycles. The van der Waals surface area contributed by atoms with Gasteiger partial charge in [-0.15, -0.1) is 0 Å². The molecule has 0 rings (SSSR count). The number of carbonyl (C=O) groups is 1. The van der Waals surface area contributed by atoms with E-state index in [-0.39, 0.29) is 5.91 Å². The molecule has 2 N–H and O–H groups in total. The number of carbonyl (C=O) groups excluding carboxylic acids is 1. The van der Waals surface area contributed by atoms with Gasteiger partial charge in [0.25, 0.3) is 0 Å². The fourth-order valence-corrected chi connectivity index (χ4v) is 0.226. The molecular weight excluding hydrogens is 90.1 g/mol. The fourth-order valence-electron chi connectivity index (χ4n) is 0.226. The summed E-state index contributed by atoms with van der Waals surface area (Å²) in [6.45, 7) is 4.94.